The van der Waals surface area contributed by atoms with Gasteiger partial charge < -0.3 is 25.6 Å². The third kappa shape index (κ3) is 7.16. The van der Waals surface area contributed by atoms with Crippen LogP contribution in [0.5, 0.6) is 5.75 Å². The molecule has 0 bridgehead atoms. The second-order valence-corrected chi connectivity index (χ2v) is 7.38. The molecule has 0 aliphatic heterocycles. The molecule has 2 amide bonds. The molecule has 3 unspecified atom stereocenters. The fraction of sp³-hybridized carbons (Fsp3) is 0.526. The van der Waals surface area contributed by atoms with Crippen LogP contribution in [0.3, 0.4) is 0 Å². The van der Waals surface area contributed by atoms with Gasteiger partial charge in [-0.05, 0) is 44.4 Å². The molecule has 0 radical (unpaired) electrons. The molecule has 0 aliphatic carbocycles. The van der Waals surface area contributed by atoms with Crippen molar-refractivity contribution in [3.63, 3.8) is 0 Å². The number of alkyl carbamates (subject to hydrolysis) is 1. The van der Waals surface area contributed by atoms with Gasteiger partial charge in [0.25, 0.3) is 0 Å². The molecule has 1 aromatic carbocycles. The van der Waals surface area contributed by atoms with Crippen LogP contribution >= 0.6 is 0 Å². The number of carbonyl (C=O) groups excluding carboxylic acids is 2. The first-order valence-corrected chi connectivity index (χ1v) is 8.76. The third-order valence-corrected chi connectivity index (χ3v) is 3.93. The van der Waals surface area contributed by atoms with Crippen molar-refractivity contribution >= 4 is 18.0 Å². The Morgan fingerprint density at radius 2 is 1.67 bits per heavy atom. The number of aromatic hydroxyl groups is 1. The first-order valence-electron chi connectivity index (χ1n) is 8.76. The molecule has 0 saturated carbocycles. The second kappa shape index (κ2) is 9.25. The summed E-state index contributed by atoms with van der Waals surface area (Å²) in [5, 5.41) is 23.8. The average Bonchev–Trinajstić information content (AvgIpc) is 2.55. The summed E-state index contributed by atoms with van der Waals surface area (Å²) >= 11 is 0. The minimum Gasteiger partial charge on any atom is -0.508 e. The first-order chi connectivity index (χ1) is 12.4. The third-order valence-electron chi connectivity index (χ3n) is 3.93. The average molecular weight is 380 g/mol. The lowest BCUT2D eigenvalue weighted by Crippen LogP contribution is -2.52. The lowest BCUT2D eigenvalue weighted by atomic mass is 9.97. The van der Waals surface area contributed by atoms with Crippen LogP contribution in [0.4, 0.5) is 4.79 Å². The highest BCUT2D eigenvalue weighted by atomic mass is 16.6. The van der Waals surface area contributed by atoms with E-state index in [1.807, 2.05) is 6.92 Å². The molecule has 0 aliphatic rings. The van der Waals surface area contributed by atoms with E-state index in [1.54, 1.807) is 27.7 Å². The Balaban J connectivity index is 2.97. The fourth-order valence-electron chi connectivity index (χ4n) is 2.32. The summed E-state index contributed by atoms with van der Waals surface area (Å²) in [5.74, 6) is -2.14. The molecule has 0 aromatic heterocycles. The van der Waals surface area contributed by atoms with Gasteiger partial charge in [-0.15, -0.1) is 0 Å². The minimum atomic E-state index is -1.31. The van der Waals surface area contributed by atoms with Gasteiger partial charge in [0.05, 0.1) is 0 Å². The summed E-state index contributed by atoms with van der Waals surface area (Å²) < 4.78 is 5.19. The number of amides is 2. The monoisotopic (exact) mass is 380 g/mol. The van der Waals surface area contributed by atoms with E-state index >= 15 is 0 Å². The minimum absolute atomic E-state index is 0.0155. The van der Waals surface area contributed by atoms with Crippen molar-refractivity contribution in [3.05, 3.63) is 29.8 Å². The Morgan fingerprint density at radius 1 is 1.11 bits per heavy atom. The predicted octanol–water partition coefficient (Wildman–Crippen LogP) is 2.57. The molecule has 8 nitrogen and oxygen atoms in total. The van der Waals surface area contributed by atoms with Crippen LogP contribution in [0, 0.1) is 5.92 Å². The molecule has 3 atom stereocenters. The van der Waals surface area contributed by atoms with E-state index in [9.17, 15) is 24.6 Å². The van der Waals surface area contributed by atoms with Crippen molar-refractivity contribution < 1.29 is 29.3 Å². The Morgan fingerprint density at radius 3 is 2.11 bits per heavy atom. The van der Waals surface area contributed by atoms with E-state index in [0.29, 0.717) is 12.0 Å². The predicted molar refractivity (Wildman–Crippen MR) is 99.2 cm³/mol. The number of aliphatic carboxylic acids is 1. The van der Waals surface area contributed by atoms with Crippen LogP contribution in [-0.4, -0.2) is 39.8 Å². The molecule has 150 valence electrons. The summed E-state index contributed by atoms with van der Waals surface area (Å²) in [6.45, 7) is 8.75. The van der Waals surface area contributed by atoms with Crippen LogP contribution in [0.15, 0.2) is 24.3 Å². The smallest absolute Gasteiger partial charge is 0.408 e. The summed E-state index contributed by atoms with van der Waals surface area (Å²) in [5.41, 5.74) is -0.426. The zero-order chi connectivity index (χ0) is 20.8. The van der Waals surface area contributed by atoms with Crippen molar-refractivity contribution in [1.29, 1.82) is 0 Å². The van der Waals surface area contributed by atoms with E-state index in [1.165, 1.54) is 24.3 Å². The highest BCUT2D eigenvalue weighted by molar-refractivity contribution is 5.90. The van der Waals surface area contributed by atoms with Crippen LogP contribution in [-0.2, 0) is 14.3 Å². The van der Waals surface area contributed by atoms with Crippen LogP contribution in [0.25, 0.3) is 0 Å². The van der Waals surface area contributed by atoms with Gasteiger partial charge in [0.2, 0.25) is 5.91 Å². The van der Waals surface area contributed by atoms with E-state index in [0.717, 1.165) is 0 Å². The summed E-state index contributed by atoms with van der Waals surface area (Å²) in [7, 11) is 0. The quantitative estimate of drug-likeness (QED) is 0.576. The molecule has 0 heterocycles. The normalized spacial score (nSPS) is 14.6. The first kappa shape index (κ1) is 22.3. The van der Waals surface area contributed by atoms with E-state index in [2.05, 4.69) is 10.6 Å². The maximum atomic E-state index is 12.7. The highest BCUT2D eigenvalue weighted by Gasteiger charge is 2.31. The molecule has 1 rings (SSSR count). The van der Waals surface area contributed by atoms with Gasteiger partial charge in [-0.2, -0.15) is 0 Å². The van der Waals surface area contributed by atoms with E-state index in [4.69, 9.17) is 4.74 Å². The number of carboxylic acid groups (broad SMARTS) is 1. The zero-order valence-electron chi connectivity index (χ0n) is 16.3. The summed E-state index contributed by atoms with van der Waals surface area (Å²) in [6, 6.07) is 3.22. The largest absolute Gasteiger partial charge is 0.508 e. The molecular weight excluding hydrogens is 352 g/mol. The summed E-state index contributed by atoms with van der Waals surface area (Å²) in [4.78, 5) is 36.4. The SMILES string of the molecule is CCC(C)C(NC(=O)OC(C)(C)C)C(=O)NC(C(=O)O)c1ccc(O)cc1. The standard InChI is InChI=1S/C19H28N2O6/c1-6-11(2)14(21-18(26)27-19(3,4)5)16(23)20-15(17(24)25)12-7-9-13(22)10-8-12/h7-11,14-15,22H,6H2,1-5H3,(H,20,23)(H,21,26)(H,24,25). The summed E-state index contributed by atoms with van der Waals surface area (Å²) in [6.07, 6.45) is -0.162. The number of phenols is 1. The van der Waals surface area contributed by atoms with Crippen molar-refractivity contribution in [2.24, 2.45) is 5.92 Å². The molecule has 0 spiro atoms. The molecule has 0 fully saturated rings. The zero-order valence-corrected chi connectivity index (χ0v) is 16.3. The molecule has 0 saturated heterocycles. The number of carboxylic acids is 1. The number of nitrogens with one attached hydrogen (secondary N) is 2. The maximum Gasteiger partial charge on any atom is 0.408 e. The number of hydrogen-bond acceptors (Lipinski definition) is 5. The second-order valence-electron chi connectivity index (χ2n) is 7.38. The molecule has 1 aromatic rings. The fourth-order valence-corrected chi connectivity index (χ4v) is 2.32. The van der Waals surface area contributed by atoms with Gasteiger partial charge in [-0.1, -0.05) is 32.4 Å². The maximum absolute atomic E-state index is 12.7. The molecular formula is C19H28N2O6. The Kier molecular flexibility index (Phi) is 7.63. The van der Waals surface area contributed by atoms with Gasteiger partial charge >= 0.3 is 12.1 Å². The highest BCUT2D eigenvalue weighted by Crippen LogP contribution is 2.19. The number of carbonyl (C=O) groups is 3. The van der Waals surface area contributed by atoms with Gasteiger partial charge in [0, 0.05) is 0 Å². The number of benzene rings is 1. The van der Waals surface area contributed by atoms with E-state index < -0.39 is 35.7 Å². The molecule has 27 heavy (non-hydrogen) atoms. The van der Waals surface area contributed by atoms with Gasteiger partial charge in [0.1, 0.15) is 17.4 Å². The van der Waals surface area contributed by atoms with Gasteiger partial charge in [0.15, 0.2) is 6.04 Å². The van der Waals surface area contributed by atoms with Crippen LogP contribution in [0.1, 0.15) is 52.6 Å². The van der Waals surface area contributed by atoms with Crippen LogP contribution in [0.2, 0.25) is 0 Å². The number of rotatable bonds is 7. The number of hydrogen-bond donors (Lipinski definition) is 4. The topological polar surface area (TPSA) is 125 Å². The lowest BCUT2D eigenvalue weighted by molar-refractivity contribution is -0.142. The number of phenolic OH excluding ortho intramolecular Hbond substituents is 1. The van der Waals surface area contributed by atoms with Crippen molar-refractivity contribution in [1.82, 2.24) is 10.6 Å². The van der Waals surface area contributed by atoms with Crippen molar-refractivity contribution in [2.45, 2.75) is 58.7 Å². The molecule has 8 heteroatoms. The van der Waals surface area contributed by atoms with Crippen LogP contribution < -0.4 is 10.6 Å². The number of ether oxygens (including phenoxy) is 1. The van der Waals surface area contributed by atoms with Gasteiger partial charge in [-0.25, -0.2) is 9.59 Å². The Bertz CT molecular complexity index is 666. The van der Waals surface area contributed by atoms with Crippen molar-refractivity contribution in [2.75, 3.05) is 0 Å². The Labute approximate surface area is 158 Å². The van der Waals surface area contributed by atoms with E-state index in [-0.39, 0.29) is 11.7 Å². The van der Waals surface area contributed by atoms with Crippen molar-refractivity contribution in [3.8, 4) is 5.75 Å². The van der Waals surface area contributed by atoms with Gasteiger partial charge in [-0.3, -0.25) is 4.79 Å². The molecule has 4 N–H and O–H groups in total. The Hall–Kier alpha value is -2.77. The lowest BCUT2D eigenvalue weighted by Gasteiger charge is -2.27.